The Morgan fingerprint density at radius 2 is 1.17 bits per heavy atom. The molecule has 0 aliphatic heterocycles. The minimum absolute atomic E-state index is 0. The Kier molecular flexibility index (Phi) is 24.2. The van der Waals surface area contributed by atoms with Crippen molar-refractivity contribution in [2.45, 2.75) is 19.9 Å². The topological polar surface area (TPSA) is 273 Å². The van der Waals surface area contributed by atoms with Crippen LogP contribution in [0.2, 0.25) is 10.0 Å². The monoisotopic (exact) mass is 1000 g/mol. The maximum absolute atomic E-state index is 12.5. The number of nitro benzene ring substituents is 2. The molecule has 0 aliphatic carbocycles. The molecular weight excluding hydrogens is 966 g/mol. The van der Waals surface area contributed by atoms with Crippen molar-refractivity contribution in [2.24, 2.45) is 14.1 Å². The number of methoxy groups -OCH3 is 2. The molecule has 0 spiro atoms. The van der Waals surface area contributed by atoms with Gasteiger partial charge in [0.15, 0.2) is 11.6 Å². The predicted octanol–water partition coefficient (Wildman–Crippen LogP) is -0.571. The molecule has 2 heterocycles. The van der Waals surface area contributed by atoms with Gasteiger partial charge in [-0.1, -0.05) is 54.4 Å². The first kappa shape index (κ1) is 58.0. The summed E-state index contributed by atoms with van der Waals surface area (Å²) in [6.07, 6.45) is 3.09. The van der Waals surface area contributed by atoms with Crippen molar-refractivity contribution in [1.29, 1.82) is 0 Å². The summed E-state index contributed by atoms with van der Waals surface area (Å²) in [7, 11) is -1.13. The number of aryl methyl sites for hydroxylation is 3. The van der Waals surface area contributed by atoms with Gasteiger partial charge in [0.1, 0.15) is 22.5 Å². The zero-order valence-electron chi connectivity index (χ0n) is 36.4. The Morgan fingerprint density at radius 1 is 0.762 bits per heavy atom. The summed E-state index contributed by atoms with van der Waals surface area (Å²) in [6.45, 7) is 1.94. The molecule has 2 aromatic heterocycles. The third kappa shape index (κ3) is 16.1. The van der Waals surface area contributed by atoms with Gasteiger partial charge in [-0.05, 0) is 53.9 Å². The van der Waals surface area contributed by atoms with Crippen LogP contribution < -0.4 is 127 Å². The largest absolute Gasteiger partial charge is 1.00 e. The number of non-ortho nitro benzene ring substituents is 2. The predicted molar refractivity (Wildman–Crippen MR) is 228 cm³/mol. The van der Waals surface area contributed by atoms with Gasteiger partial charge < -0.3 is 21.0 Å². The van der Waals surface area contributed by atoms with Crippen LogP contribution in [0.15, 0.2) is 72.8 Å². The zero-order chi connectivity index (χ0) is 45.8. The fraction of sp³-hybridized carbons (Fsp3) is 0.250. The van der Waals surface area contributed by atoms with Crippen molar-refractivity contribution < 1.29 is 155 Å². The minimum atomic E-state index is -3.76. The van der Waals surface area contributed by atoms with Crippen LogP contribution in [0.5, 0.6) is 11.5 Å². The molecule has 4 aromatic carbocycles. The molecule has 6 aromatic rings. The average Bonchev–Trinajstić information content (AvgIpc) is 3.72. The third-order valence-electron chi connectivity index (χ3n) is 8.22. The number of hydrogen-bond acceptors (Lipinski definition) is 15. The number of fused-ring (bicyclic) bond motifs is 2. The van der Waals surface area contributed by atoms with Gasteiger partial charge >= 0.3 is 103 Å². The fourth-order valence-corrected chi connectivity index (χ4v) is 7.32. The number of nitro groups is 2. The van der Waals surface area contributed by atoms with E-state index in [2.05, 4.69) is 38.9 Å². The molecule has 330 valence electrons. The van der Waals surface area contributed by atoms with Gasteiger partial charge in [0.2, 0.25) is 20.0 Å². The van der Waals surface area contributed by atoms with Crippen LogP contribution >= 0.6 is 23.2 Å². The Bertz CT molecular complexity index is 2730. The second-order valence-electron chi connectivity index (χ2n) is 12.4. The third-order valence-corrected chi connectivity index (χ3v) is 10.5. The second kappa shape index (κ2) is 26.2. The number of hydrogen-bond donors (Lipinski definition) is 1. The smallest absolute Gasteiger partial charge is 1.00 e. The van der Waals surface area contributed by atoms with Crippen LogP contribution in [0.4, 0.5) is 23.0 Å². The van der Waals surface area contributed by atoms with Gasteiger partial charge in [-0.2, -0.15) is 10.2 Å². The summed E-state index contributed by atoms with van der Waals surface area (Å²) < 4.78 is 63.4. The normalized spacial score (nSPS) is 10.5. The Labute approximate surface area is 458 Å². The number of benzene rings is 4. The molecule has 6 rings (SSSR count). The van der Waals surface area contributed by atoms with Gasteiger partial charge in [-0.3, -0.25) is 39.1 Å². The van der Waals surface area contributed by atoms with E-state index in [0.717, 1.165) is 29.0 Å². The number of nitrogens with one attached hydrogen (secondary N) is 1. The van der Waals surface area contributed by atoms with Crippen LogP contribution in [0.3, 0.4) is 0 Å². The number of carbonyl (C=O) groups excluding carboxylic acids is 1. The summed E-state index contributed by atoms with van der Waals surface area (Å²) >= 11 is 12.2. The first-order chi connectivity index (χ1) is 28.6. The summed E-state index contributed by atoms with van der Waals surface area (Å²) in [4.78, 5) is 32.5. The molecule has 21 nitrogen and oxygen atoms in total. The van der Waals surface area contributed by atoms with E-state index in [1.807, 2.05) is 12.1 Å². The second-order valence-corrected chi connectivity index (χ2v) is 16.9. The van der Waals surface area contributed by atoms with E-state index in [9.17, 15) is 37.1 Å². The zero-order valence-corrected chi connectivity index (χ0v) is 44.8. The molecule has 0 amide bonds. The van der Waals surface area contributed by atoms with Gasteiger partial charge in [-0.25, -0.2) is 21.1 Å². The van der Waals surface area contributed by atoms with Crippen LogP contribution in [0, 0.1) is 20.2 Å². The summed E-state index contributed by atoms with van der Waals surface area (Å²) in [5.41, 5.74) is 1.93. The van der Waals surface area contributed by atoms with Crippen LogP contribution in [-0.4, -0.2) is 79.4 Å². The van der Waals surface area contributed by atoms with Gasteiger partial charge in [0.05, 0.1) is 63.9 Å². The minimum Gasteiger partial charge on any atom is -1.00 e. The fourth-order valence-electron chi connectivity index (χ4n) is 5.52. The van der Waals surface area contributed by atoms with Gasteiger partial charge in [0.25, 0.3) is 17.8 Å². The molecule has 0 atom stereocenters. The standard InChI is InChI=1S/C17H17ClN4O5S.C9H9ClN4O4S.C9H12O.CH2O3.2K.H/c1-20-16-14(22(23)24)9-8-13(18)15(16)17(19-20)21(28(3,25)26)10-11-4-6-12(27-2)7-5-11;1-13-8-6(14(15)16)4-3-5(10)7(8)9(11-13)12-19(2,17)18;1-3-8-4-6-9(10-2)7-5-8;2-1-4-3;;;/h4-9H,10H2,1-3H3;3-4H,1-2H3,(H,11,12);4-7H,3H2,1-2H3;1,3H;;;/q;;;;2*+1;-1/p-1. The SMILES string of the molecule is CCc1ccc(OC)cc1.COc1ccc(CN(c2nn(C)c3c([N+](=O)[O-])ccc(Cl)c23)S(C)(=O)=O)cc1.Cn1nc(NS(C)(=O)=O)c2c(Cl)ccc([N+](=O)[O-])c21.O=CO[O-].[H-].[K+].[K+]. The summed E-state index contributed by atoms with van der Waals surface area (Å²) in [5.74, 6) is 1.56. The van der Waals surface area contributed by atoms with Crippen molar-refractivity contribution >= 4 is 94.5 Å². The molecule has 0 aliphatic rings. The summed E-state index contributed by atoms with van der Waals surface area (Å²) in [6, 6.07) is 20.2. The van der Waals surface area contributed by atoms with Crippen LogP contribution in [-0.2, 0) is 56.8 Å². The average molecular weight is 1010 g/mol. The number of carbonyl (C=O) groups is 1. The molecule has 0 saturated heterocycles. The van der Waals surface area contributed by atoms with E-state index >= 15 is 0 Å². The first-order valence-corrected chi connectivity index (χ1v) is 21.6. The maximum atomic E-state index is 12.5. The molecule has 27 heteroatoms. The molecule has 0 fully saturated rings. The van der Waals surface area contributed by atoms with Crippen LogP contribution in [0.25, 0.3) is 21.8 Å². The number of anilines is 2. The van der Waals surface area contributed by atoms with E-state index < -0.39 is 29.9 Å². The molecule has 1 N–H and O–H groups in total. The number of rotatable bonds is 12. The number of aromatic nitrogens is 4. The van der Waals surface area contributed by atoms with Gasteiger partial charge in [-0.15, -0.1) is 0 Å². The van der Waals surface area contributed by atoms with E-state index in [1.54, 1.807) is 31.4 Å². The molecular formula is C36H40Cl2K2N8O13S2. The molecule has 0 radical (unpaired) electrons. The Hall–Kier alpha value is -3.00. The van der Waals surface area contributed by atoms with E-state index in [1.165, 1.54) is 60.4 Å². The van der Waals surface area contributed by atoms with Crippen LogP contribution in [0.1, 0.15) is 19.5 Å². The molecule has 0 saturated carbocycles. The summed E-state index contributed by atoms with van der Waals surface area (Å²) in [5, 5.41) is 39.7. The van der Waals surface area contributed by atoms with E-state index in [0.29, 0.717) is 11.3 Å². The van der Waals surface area contributed by atoms with Gasteiger partial charge in [0, 0.05) is 26.2 Å². The molecule has 63 heavy (non-hydrogen) atoms. The van der Waals surface area contributed by atoms with Crippen molar-refractivity contribution in [2.75, 3.05) is 35.8 Å². The Balaban J connectivity index is 0.000000953. The number of ether oxygens (including phenoxy) is 2. The number of halogens is 2. The van der Waals surface area contributed by atoms with E-state index in [-0.39, 0.29) is 172 Å². The Morgan fingerprint density at radius 3 is 1.56 bits per heavy atom. The maximum Gasteiger partial charge on any atom is 1.00 e. The van der Waals surface area contributed by atoms with Crippen molar-refractivity contribution in [3.05, 3.63) is 114 Å². The number of sulfonamides is 2. The van der Waals surface area contributed by atoms with Crippen molar-refractivity contribution in [3.63, 3.8) is 0 Å². The quantitative estimate of drug-likeness (QED) is 0.0529. The van der Waals surface area contributed by atoms with Crippen molar-refractivity contribution in [1.82, 2.24) is 19.6 Å². The van der Waals surface area contributed by atoms with E-state index in [4.69, 9.17) is 42.7 Å². The molecule has 0 unspecified atom stereocenters. The number of nitrogens with zero attached hydrogens (tertiary/aromatic N) is 7. The van der Waals surface area contributed by atoms with Crippen molar-refractivity contribution in [3.8, 4) is 11.5 Å². The first-order valence-electron chi connectivity index (χ1n) is 17.1. The molecule has 0 bridgehead atoms.